The second-order valence-electron chi connectivity index (χ2n) is 7.40. The molecule has 2 aromatic heterocycles. The van der Waals surface area contributed by atoms with Crippen LogP contribution < -0.4 is 0 Å². The highest BCUT2D eigenvalue weighted by Gasteiger charge is 2.39. The molecule has 2 aromatic rings. The van der Waals surface area contributed by atoms with E-state index >= 15 is 0 Å². The Hall–Kier alpha value is -2.22. The zero-order valence-corrected chi connectivity index (χ0v) is 15.2. The molecule has 0 bridgehead atoms. The molecule has 1 aliphatic heterocycles. The third kappa shape index (κ3) is 3.44. The molecular formula is C17H26N6O2. The number of carbonyl (C=O) groups is 1. The van der Waals surface area contributed by atoms with Gasteiger partial charge >= 0.3 is 0 Å². The zero-order valence-electron chi connectivity index (χ0n) is 15.2. The van der Waals surface area contributed by atoms with Crippen LogP contribution in [0.1, 0.15) is 74.4 Å². The number of hydrogen-bond donors (Lipinski definition) is 2. The first-order chi connectivity index (χ1) is 11.8. The van der Waals surface area contributed by atoms with E-state index in [1.54, 1.807) is 21.8 Å². The first-order valence-electron chi connectivity index (χ1n) is 8.79. The van der Waals surface area contributed by atoms with Gasteiger partial charge in [-0.25, -0.2) is 4.68 Å². The smallest absolute Gasteiger partial charge is 0.274 e. The van der Waals surface area contributed by atoms with Gasteiger partial charge in [-0.05, 0) is 38.7 Å². The van der Waals surface area contributed by atoms with Gasteiger partial charge in [-0.15, -0.1) is 5.10 Å². The summed E-state index contributed by atoms with van der Waals surface area (Å²) in [6.07, 6.45) is 3.04. The molecular weight excluding hydrogens is 320 g/mol. The number of nitrogens with zero attached hydrogens (tertiary/aromatic N) is 5. The van der Waals surface area contributed by atoms with Gasteiger partial charge in [0.1, 0.15) is 17.0 Å². The number of nitrogens with one attached hydrogen (secondary N) is 1. The fourth-order valence-electron chi connectivity index (χ4n) is 3.06. The average molecular weight is 346 g/mol. The number of piperidine rings is 1. The van der Waals surface area contributed by atoms with Crippen molar-refractivity contribution in [1.82, 2.24) is 30.1 Å². The highest BCUT2D eigenvalue weighted by Crippen LogP contribution is 2.31. The Morgan fingerprint density at radius 3 is 2.72 bits per heavy atom. The summed E-state index contributed by atoms with van der Waals surface area (Å²) in [6, 6.07) is 1.96. The second-order valence-corrected chi connectivity index (χ2v) is 7.40. The highest BCUT2D eigenvalue weighted by molar-refractivity contribution is 5.92. The molecule has 1 fully saturated rings. The Kier molecular flexibility index (Phi) is 4.64. The van der Waals surface area contributed by atoms with E-state index in [0.29, 0.717) is 30.8 Å². The summed E-state index contributed by atoms with van der Waals surface area (Å²) in [5.41, 5.74) is 0.663. The fourth-order valence-corrected chi connectivity index (χ4v) is 3.06. The van der Waals surface area contributed by atoms with Gasteiger partial charge < -0.3 is 10.0 Å². The zero-order chi connectivity index (χ0) is 18.2. The normalized spacial score (nSPS) is 21.3. The minimum absolute atomic E-state index is 0.169. The Morgan fingerprint density at radius 1 is 1.36 bits per heavy atom. The molecule has 0 radical (unpaired) electrons. The Balaban J connectivity index is 1.78. The van der Waals surface area contributed by atoms with E-state index < -0.39 is 5.60 Å². The van der Waals surface area contributed by atoms with E-state index in [0.717, 1.165) is 5.69 Å². The van der Waals surface area contributed by atoms with Crippen LogP contribution in [-0.4, -0.2) is 54.2 Å². The lowest BCUT2D eigenvalue weighted by molar-refractivity contribution is -0.0322. The van der Waals surface area contributed by atoms with Crippen LogP contribution in [0.25, 0.3) is 0 Å². The van der Waals surface area contributed by atoms with E-state index in [1.807, 2.05) is 27.7 Å². The molecule has 1 aliphatic rings. The van der Waals surface area contributed by atoms with Crippen LogP contribution >= 0.6 is 0 Å². The van der Waals surface area contributed by atoms with Crippen LogP contribution in [0.2, 0.25) is 0 Å². The predicted octanol–water partition coefficient (Wildman–Crippen LogP) is 1.83. The first kappa shape index (κ1) is 17.6. The lowest BCUT2D eigenvalue weighted by Crippen LogP contribution is -2.48. The monoisotopic (exact) mass is 346 g/mol. The van der Waals surface area contributed by atoms with E-state index in [4.69, 9.17) is 0 Å². The van der Waals surface area contributed by atoms with Crippen molar-refractivity contribution in [2.75, 3.05) is 13.1 Å². The number of rotatable bonds is 4. The first-order valence-corrected chi connectivity index (χ1v) is 8.79. The Labute approximate surface area is 147 Å². The molecule has 1 amide bonds. The fraction of sp³-hybridized carbons (Fsp3) is 0.647. The van der Waals surface area contributed by atoms with Gasteiger partial charge in [-0.2, -0.15) is 5.10 Å². The number of amides is 1. The molecule has 1 atom stereocenters. The maximum atomic E-state index is 12.8. The molecule has 25 heavy (non-hydrogen) atoms. The molecule has 0 aromatic carbocycles. The van der Waals surface area contributed by atoms with Crippen molar-refractivity contribution in [3.05, 3.63) is 29.3 Å². The average Bonchev–Trinajstić information content (AvgIpc) is 3.24. The van der Waals surface area contributed by atoms with Gasteiger partial charge in [-0.3, -0.25) is 9.89 Å². The molecule has 8 nitrogen and oxygen atoms in total. The van der Waals surface area contributed by atoms with E-state index in [-0.39, 0.29) is 24.4 Å². The topological polar surface area (TPSA) is 99.9 Å². The lowest BCUT2D eigenvalue weighted by Gasteiger charge is -2.37. The van der Waals surface area contributed by atoms with Crippen LogP contribution in [0, 0.1) is 0 Å². The number of carbonyl (C=O) groups excluding carboxylic acids is 1. The van der Waals surface area contributed by atoms with Crippen molar-refractivity contribution >= 4 is 5.91 Å². The highest BCUT2D eigenvalue weighted by atomic mass is 16.3. The minimum Gasteiger partial charge on any atom is -0.382 e. The summed E-state index contributed by atoms with van der Waals surface area (Å²) in [4.78, 5) is 14.4. The molecule has 0 saturated carbocycles. The van der Waals surface area contributed by atoms with Crippen LogP contribution in [0.5, 0.6) is 0 Å². The van der Waals surface area contributed by atoms with Crippen molar-refractivity contribution in [1.29, 1.82) is 0 Å². The number of β-amino-alcohol motifs (C(OH)–C–C–N with tert-alkyl or cyclic N) is 1. The molecule has 0 aliphatic carbocycles. The van der Waals surface area contributed by atoms with Gasteiger partial charge in [-0.1, -0.05) is 19.1 Å². The van der Waals surface area contributed by atoms with E-state index in [9.17, 15) is 9.90 Å². The molecule has 3 rings (SSSR count). The summed E-state index contributed by atoms with van der Waals surface area (Å²) < 4.78 is 1.72. The number of hydrogen-bond acceptors (Lipinski definition) is 5. The maximum absolute atomic E-state index is 12.8. The summed E-state index contributed by atoms with van der Waals surface area (Å²) in [6.45, 7) is 8.89. The number of aromatic nitrogens is 5. The number of aromatic amines is 1. The molecule has 0 spiro atoms. The number of aliphatic hydroxyl groups is 1. The summed E-state index contributed by atoms with van der Waals surface area (Å²) in [5.74, 6) is 0.107. The number of likely N-dealkylation sites (tertiary alicyclic amines) is 1. The van der Waals surface area contributed by atoms with Gasteiger partial charge in [0.05, 0.1) is 12.7 Å². The lowest BCUT2D eigenvalue weighted by atomic mass is 9.90. The summed E-state index contributed by atoms with van der Waals surface area (Å²) >= 11 is 0. The van der Waals surface area contributed by atoms with Crippen LogP contribution in [0.3, 0.4) is 0 Å². The molecule has 8 heteroatoms. The largest absolute Gasteiger partial charge is 0.382 e. The maximum Gasteiger partial charge on any atom is 0.274 e. The van der Waals surface area contributed by atoms with Gasteiger partial charge in [0.25, 0.3) is 5.91 Å². The minimum atomic E-state index is -1.17. The molecule has 3 heterocycles. The van der Waals surface area contributed by atoms with Gasteiger partial charge in [0.15, 0.2) is 0 Å². The molecule has 2 N–H and O–H groups in total. The van der Waals surface area contributed by atoms with Crippen molar-refractivity contribution in [3.8, 4) is 0 Å². The predicted molar refractivity (Wildman–Crippen MR) is 92.1 cm³/mol. The van der Waals surface area contributed by atoms with Gasteiger partial charge in [0, 0.05) is 18.3 Å². The quantitative estimate of drug-likeness (QED) is 0.880. The third-order valence-electron chi connectivity index (χ3n) is 4.71. The standard InChI is InChI=1S/C17H26N6O2/c1-11(2)13-8-14(19-18-13)16(24)22-7-5-6-17(25,10-22)15-9-23(12(3)4)21-20-15/h8-9,11-12,25H,5-7,10H2,1-4H3,(H,18,19)/t17-/m0/s1. The van der Waals surface area contributed by atoms with E-state index in [2.05, 4.69) is 20.5 Å². The van der Waals surface area contributed by atoms with Crippen molar-refractivity contribution in [2.24, 2.45) is 0 Å². The van der Waals surface area contributed by atoms with Crippen molar-refractivity contribution in [3.63, 3.8) is 0 Å². The molecule has 136 valence electrons. The molecule has 1 saturated heterocycles. The van der Waals surface area contributed by atoms with Crippen LogP contribution in [0.15, 0.2) is 12.3 Å². The van der Waals surface area contributed by atoms with Crippen LogP contribution in [0.4, 0.5) is 0 Å². The summed E-state index contributed by atoms with van der Waals surface area (Å²) in [5, 5.41) is 26.3. The van der Waals surface area contributed by atoms with Crippen molar-refractivity contribution < 1.29 is 9.90 Å². The summed E-state index contributed by atoms with van der Waals surface area (Å²) in [7, 11) is 0. The number of H-pyrrole nitrogens is 1. The molecule has 0 unspecified atom stereocenters. The third-order valence-corrected chi connectivity index (χ3v) is 4.71. The van der Waals surface area contributed by atoms with Gasteiger partial charge in [0.2, 0.25) is 0 Å². The SMILES string of the molecule is CC(C)c1cc(C(=O)N2CCC[C@@](O)(c3cn(C(C)C)nn3)C2)n[nH]1. The second kappa shape index (κ2) is 6.59. The Bertz CT molecular complexity index is 750. The van der Waals surface area contributed by atoms with E-state index in [1.165, 1.54) is 0 Å². The Morgan fingerprint density at radius 2 is 2.12 bits per heavy atom. The van der Waals surface area contributed by atoms with Crippen molar-refractivity contribution in [2.45, 2.75) is 58.1 Å². The van der Waals surface area contributed by atoms with Crippen LogP contribution in [-0.2, 0) is 5.60 Å².